The molecule has 0 saturated carbocycles. The van der Waals surface area contributed by atoms with Crippen LogP contribution < -0.4 is 5.43 Å². The van der Waals surface area contributed by atoms with Crippen molar-refractivity contribution in [3.05, 3.63) is 34.4 Å². The largest absolute Gasteiger partial charge is 0.396 e. The quantitative estimate of drug-likeness (QED) is 0.861. The maximum Gasteiger partial charge on any atom is 0.159 e. The fourth-order valence-electron chi connectivity index (χ4n) is 5.03. The number of fused-ring (bicyclic) bond motifs is 5. The van der Waals surface area contributed by atoms with Crippen LogP contribution in [0.5, 0.6) is 0 Å². The molecule has 5 nitrogen and oxygen atoms in total. The summed E-state index contributed by atoms with van der Waals surface area (Å²) in [5, 5.41) is 11.8. The zero-order chi connectivity index (χ0) is 17.6. The van der Waals surface area contributed by atoms with Gasteiger partial charge in [-0.05, 0) is 59.6 Å². The molecule has 25 heavy (non-hydrogen) atoms. The van der Waals surface area contributed by atoms with Gasteiger partial charge >= 0.3 is 0 Å². The summed E-state index contributed by atoms with van der Waals surface area (Å²) in [6.45, 7) is 3.58. The van der Waals surface area contributed by atoms with Crippen LogP contribution in [-0.2, 0) is 22.5 Å². The van der Waals surface area contributed by atoms with Crippen molar-refractivity contribution < 1.29 is 14.6 Å². The number of hydrogen-bond acceptors (Lipinski definition) is 5. The Morgan fingerprint density at radius 2 is 2.20 bits per heavy atom. The molecule has 0 aromatic heterocycles. The normalized spacial score (nSPS) is 25.0. The highest BCUT2D eigenvalue weighted by atomic mass is 16.5. The summed E-state index contributed by atoms with van der Waals surface area (Å²) in [7, 11) is 1.70. The Balaban J connectivity index is 1.85. The average molecular weight is 342 g/mol. The fourth-order valence-corrected chi connectivity index (χ4v) is 5.03. The lowest BCUT2D eigenvalue weighted by Crippen LogP contribution is -2.29. The van der Waals surface area contributed by atoms with Gasteiger partial charge in [-0.3, -0.25) is 4.79 Å². The van der Waals surface area contributed by atoms with E-state index in [4.69, 9.17) is 4.74 Å². The molecule has 1 aliphatic heterocycles. The summed E-state index contributed by atoms with van der Waals surface area (Å²) in [5.41, 5.74) is 10.6. The van der Waals surface area contributed by atoms with Crippen LogP contribution in [-0.4, -0.2) is 36.3 Å². The number of ketones is 1. The molecule has 1 unspecified atom stereocenters. The van der Waals surface area contributed by atoms with Crippen molar-refractivity contribution in [2.75, 3.05) is 25.9 Å². The lowest BCUT2D eigenvalue weighted by molar-refractivity contribution is -0.116. The maximum absolute atomic E-state index is 12.5. The Bertz CT molecular complexity index is 756. The van der Waals surface area contributed by atoms with Gasteiger partial charge in [-0.1, -0.05) is 13.0 Å². The Hall–Kier alpha value is -1.69. The Labute approximate surface area is 148 Å². The second-order valence-corrected chi connectivity index (χ2v) is 7.41. The molecule has 5 heteroatoms. The predicted molar refractivity (Wildman–Crippen MR) is 96.8 cm³/mol. The van der Waals surface area contributed by atoms with Crippen LogP contribution in [0, 0.1) is 5.41 Å². The van der Waals surface area contributed by atoms with Crippen molar-refractivity contribution >= 4 is 17.0 Å². The number of anilines is 1. The van der Waals surface area contributed by atoms with Gasteiger partial charge in [0.25, 0.3) is 0 Å². The van der Waals surface area contributed by atoms with Gasteiger partial charge < -0.3 is 15.3 Å². The van der Waals surface area contributed by atoms with Gasteiger partial charge in [-0.15, -0.1) is 0 Å². The van der Waals surface area contributed by atoms with E-state index in [-0.39, 0.29) is 12.0 Å². The first-order valence-electron chi connectivity index (χ1n) is 9.17. The molecule has 4 rings (SSSR count). The van der Waals surface area contributed by atoms with Crippen molar-refractivity contribution in [1.29, 1.82) is 0 Å². The third-order valence-electron chi connectivity index (χ3n) is 6.07. The highest BCUT2D eigenvalue weighted by molar-refractivity contribution is 6.06. The fraction of sp³-hybridized carbons (Fsp3) is 0.550. The van der Waals surface area contributed by atoms with Crippen LogP contribution in [0.2, 0.25) is 0 Å². The van der Waals surface area contributed by atoms with Crippen LogP contribution in [0.3, 0.4) is 0 Å². The molecule has 2 N–H and O–H groups in total. The Morgan fingerprint density at radius 3 is 2.92 bits per heavy atom. The number of benzene rings is 1. The molecule has 1 atom stereocenters. The molecular formula is C20H26N2O3. The molecule has 0 spiro atoms. The van der Waals surface area contributed by atoms with E-state index in [0.29, 0.717) is 18.9 Å². The number of aliphatic hydroxyl groups excluding tert-OH is 1. The number of carbonyl (C=O) groups is 1. The molecule has 0 saturated heterocycles. The van der Waals surface area contributed by atoms with E-state index in [1.807, 2.05) is 0 Å². The van der Waals surface area contributed by atoms with E-state index in [1.165, 1.54) is 22.3 Å². The summed E-state index contributed by atoms with van der Waals surface area (Å²) in [5.74, 6) is 0.290. The lowest BCUT2D eigenvalue weighted by atomic mass is 9.67. The summed E-state index contributed by atoms with van der Waals surface area (Å²) >= 11 is 0. The molecule has 1 aromatic rings. The molecule has 1 heterocycles. The van der Waals surface area contributed by atoms with Crippen molar-refractivity contribution in [1.82, 2.24) is 5.01 Å². The average Bonchev–Trinajstić information content (AvgIpc) is 3.14. The summed E-state index contributed by atoms with van der Waals surface area (Å²) < 4.78 is 5.25. The van der Waals surface area contributed by atoms with Crippen LogP contribution in [0.15, 0.2) is 17.7 Å². The van der Waals surface area contributed by atoms with Crippen molar-refractivity contribution in [2.45, 2.75) is 45.6 Å². The number of methoxy groups -OCH3 is 1. The molecule has 0 fully saturated rings. The Morgan fingerprint density at radius 1 is 1.36 bits per heavy atom. The molecule has 2 aliphatic carbocycles. The van der Waals surface area contributed by atoms with Crippen LogP contribution in [0.1, 0.15) is 49.3 Å². The van der Waals surface area contributed by atoms with Crippen LogP contribution in [0.25, 0.3) is 5.57 Å². The molecule has 0 bridgehead atoms. The van der Waals surface area contributed by atoms with Crippen molar-refractivity contribution in [3.63, 3.8) is 0 Å². The number of Topliss-reactive ketones (excluding diaryl/α,β-unsaturated/α-hetero) is 1. The first-order chi connectivity index (χ1) is 12.1. The highest BCUT2D eigenvalue weighted by Crippen LogP contribution is 2.57. The predicted octanol–water partition coefficient (Wildman–Crippen LogP) is 2.88. The van der Waals surface area contributed by atoms with Gasteiger partial charge in [0.15, 0.2) is 5.78 Å². The molecule has 0 amide bonds. The number of nitrogens with one attached hydrogen (secondary N) is 1. The first kappa shape index (κ1) is 16.8. The minimum absolute atomic E-state index is 0.0693. The van der Waals surface area contributed by atoms with Gasteiger partial charge in [0.2, 0.25) is 0 Å². The van der Waals surface area contributed by atoms with E-state index in [9.17, 15) is 9.90 Å². The number of rotatable bonds is 5. The monoisotopic (exact) mass is 342 g/mol. The molecule has 0 radical (unpaired) electrons. The van der Waals surface area contributed by atoms with Gasteiger partial charge in [-0.25, -0.2) is 0 Å². The van der Waals surface area contributed by atoms with Crippen molar-refractivity contribution in [3.8, 4) is 0 Å². The van der Waals surface area contributed by atoms with Gasteiger partial charge in [0.1, 0.15) is 6.73 Å². The second-order valence-electron chi connectivity index (χ2n) is 7.41. The minimum atomic E-state index is -0.0693. The number of aliphatic hydroxyl groups is 1. The summed E-state index contributed by atoms with van der Waals surface area (Å²) in [6, 6.07) is 4.29. The van der Waals surface area contributed by atoms with Crippen LogP contribution in [0.4, 0.5) is 5.69 Å². The molecule has 3 aliphatic rings. The standard InChI is InChI=1S/C20H26N2O3/c1-3-13-18(24)6-7-20(8-9-23)10-15-14(19(13)20)4-5-17-16(15)11-22(21-17)12-25-2/h4-5,21,23H,3,6-12H2,1-2H3. The number of nitrogens with zero attached hydrogens (tertiary/aromatic N) is 1. The highest BCUT2D eigenvalue weighted by Gasteiger charge is 2.47. The zero-order valence-corrected chi connectivity index (χ0v) is 15.0. The van der Waals surface area contributed by atoms with E-state index in [2.05, 4.69) is 29.5 Å². The van der Waals surface area contributed by atoms with E-state index in [0.717, 1.165) is 43.5 Å². The third kappa shape index (κ3) is 2.45. The van der Waals surface area contributed by atoms with Gasteiger partial charge in [-0.2, -0.15) is 5.01 Å². The Kier molecular flexibility index (Phi) is 4.18. The molecular weight excluding hydrogens is 316 g/mol. The smallest absolute Gasteiger partial charge is 0.159 e. The number of allylic oxidation sites excluding steroid dienone is 2. The number of hydrogen-bond donors (Lipinski definition) is 2. The summed E-state index contributed by atoms with van der Waals surface area (Å²) in [4.78, 5) is 12.5. The SMILES string of the molecule is CCC1=C2c3ccc4c(c3CC2(CCO)CCC1=O)CN(COC)N4. The first-order valence-corrected chi connectivity index (χ1v) is 9.17. The minimum Gasteiger partial charge on any atom is -0.396 e. The third-order valence-corrected chi connectivity index (χ3v) is 6.07. The van der Waals surface area contributed by atoms with Gasteiger partial charge in [0.05, 0.1) is 5.69 Å². The molecule has 134 valence electrons. The van der Waals surface area contributed by atoms with E-state index in [1.54, 1.807) is 7.11 Å². The van der Waals surface area contributed by atoms with Gasteiger partial charge in [0, 0.05) is 32.1 Å². The van der Waals surface area contributed by atoms with E-state index < -0.39 is 0 Å². The zero-order valence-electron chi connectivity index (χ0n) is 15.0. The number of ether oxygens (including phenoxy) is 1. The maximum atomic E-state index is 12.5. The lowest BCUT2D eigenvalue weighted by Gasteiger charge is -2.36. The topological polar surface area (TPSA) is 61.8 Å². The van der Waals surface area contributed by atoms with Crippen molar-refractivity contribution in [2.24, 2.45) is 5.41 Å². The number of carbonyl (C=O) groups excluding carboxylic acids is 1. The molecule has 1 aromatic carbocycles. The second kappa shape index (κ2) is 6.24. The number of hydrazine groups is 1. The van der Waals surface area contributed by atoms with Crippen LogP contribution >= 0.6 is 0 Å². The van der Waals surface area contributed by atoms with E-state index >= 15 is 0 Å². The summed E-state index contributed by atoms with van der Waals surface area (Å²) in [6.07, 6.45) is 3.89.